The summed E-state index contributed by atoms with van der Waals surface area (Å²) in [6.45, 7) is 4.42. The summed E-state index contributed by atoms with van der Waals surface area (Å²) in [5.74, 6) is -0.172. The molecule has 35 heavy (non-hydrogen) atoms. The normalized spacial score (nSPS) is 12.7. The van der Waals surface area contributed by atoms with Crippen LogP contribution in [-0.2, 0) is 35.6 Å². The Bertz CT molecular complexity index is 1160. The van der Waals surface area contributed by atoms with Crippen LogP contribution >= 0.6 is 11.3 Å². The molecule has 0 spiro atoms. The van der Waals surface area contributed by atoms with E-state index in [1.54, 1.807) is 11.8 Å². The van der Waals surface area contributed by atoms with Crippen molar-refractivity contribution >= 4 is 28.3 Å². The van der Waals surface area contributed by atoms with Gasteiger partial charge in [-0.25, -0.2) is 4.79 Å². The minimum absolute atomic E-state index is 0.172. The van der Waals surface area contributed by atoms with E-state index in [1.165, 1.54) is 11.3 Å². The summed E-state index contributed by atoms with van der Waals surface area (Å²) in [5.41, 5.74) is 3.66. The first-order chi connectivity index (χ1) is 17.1. The predicted molar refractivity (Wildman–Crippen MR) is 136 cm³/mol. The van der Waals surface area contributed by atoms with Crippen molar-refractivity contribution in [1.29, 1.82) is 5.26 Å². The topological polar surface area (TPSA) is 85.7 Å². The van der Waals surface area contributed by atoms with Crippen molar-refractivity contribution in [2.24, 2.45) is 0 Å². The van der Waals surface area contributed by atoms with E-state index in [0.29, 0.717) is 49.8 Å². The van der Waals surface area contributed by atoms with Crippen LogP contribution < -0.4 is 5.32 Å². The van der Waals surface area contributed by atoms with Crippen LogP contribution in [0.3, 0.4) is 0 Å². The second-order valence-corrected chi connectivity index (χ2v) is 9.46. The lowest BCUT2D eigenvalue weighted by Crippen LogP contribution is -2.35. The number of carbonyl (C=O) groups excluding carboxylic acids is 2. The van der Waals surface area contributed by atoms with Gasteiger partial charge >= 0.3 is 6.09 Å². The van der Waals surface area contributed by atoms with Gasteiger partial charge in [-0.15, -0.1) is 11.3 Å². The lowest BCUT2D eigenvalue weighted by atomic mass is 10.0. The van der Waals surface area contributed by atoms with Crippen molar-refractivity contribution in [1.82, 2.24) is 9.80 Å². The third-order valence-electron chi connectivity index (χ3n) is 5.81. The number of rotatable bonds is 8. The van der Waals surface area contributed by atoms with E-state index in [4.69, 9.17) is 4.74 Å². The first-order valence-electron chi connectivity index (χ1n) is 11.6. The molecule has 0 saturated heterocycles. The van der Waals surface area contributed by atoms with Crippen LogP contribution in [0, 0.1) is 11.3 Å². The molecule has 0 unspecified atom stereocenters. The molecule has 0 fully saturated rings. The maximum absolute atomic E-state index is 13.1. The highest BCUT2D eigenvalue weighted by atomic mass is 32.1. The zero-order valence-corrected chi connectivity index (χ0v) is 20.5. The van der Waals surface area contributed by atoms with Crippen LogP contribution in [0.1, 0.15) is 34.1 Å². The predicted octanol–water partition coefficient (Wildman–Crippen LogP) is 4.78. The SMILES string of the molecule is CCOC(=O)N1CCc2c(sc(NC(=O)CN(Cc3ccccc3)Cc3ccccc3)c2C#N)C1. The van der Waals surface area contributed by atoms with Crippen molar-refractivity contribution in [3.05, 3.63) is 87.8 Å². The molecule has 0 aliphatic carbocycles. The quantitative estimate of drug-likeness (QED) is 0.493. The maximum atomic E-state index is 13.1. The smallest absolute Gasteiger partial charge is 0.410 e. The van der Waals surface area contributed by atoms with Gasteiger partial charge in [-0.05, 0) is 30.0 Å². The number of ether oxygens (including phenoxy) is 1. The van der Waals surface area contributed by atoms with E-state index in [1.807, 2.05) is 60.7 Å². The first kappa shape index (κ1) is 24.5. The highest BCUT2D eigenvalue weighted by Gasteiger charge is 2.28. The molecule has 2 heterocycles. The number of nitriles is 1. The van der Waals surface area contributed by atoms with Crippen molar-refractivity contribution in [3.63, 3.8) is 0 Å². The number of nitrogens with zero attached hydrogens (tertiary/aromatic N) is 3. The molecule has 180 valence electrons. The van der Waals surface area contributed by atoms with E-state index in [0.717, 1.165) is 21.6 Å². The average Bonchev–Trinajstić information content (AvgIpc) is 3.21. The summed E-state index contributed by atoms with van der Waals surface area (Å²) in [6, 6.07) is 22.4. The van der Waals surface area contributed by atoms with Crippen molar-refractivity contribution in [3.8, 4) is 6.07 Å². The van der Waals surface area contributed by atoms with Crippen LogP contribution in [0.25, 0.3) is 0 Å². The molecule has 4 rings (SSSR count). The van der Waals surface area contributed by atoms with Gasteiger partial charge in [0.25, 0.3) is 0 Å². The molecule has 0 saturated carbocycles. The zero-order chi connectivity index (χ0) is 24.6. The molecule has 2 amide bonds. The Morgan fingerprint density at radius 2 is 1.71 bits per heavy atom. The van der Waals surface area contributed by atoms with Crippen LogP contribution in [0.15, 0.2) is 60.7 Å². The monoisotopic (exact) mass is 488 g/mol. The van der Waals surface area contributed by atoms with Gasteiger partial charge in [0.05, 0.1) is 25.3 Å². The number of hydrogen-bond donors (Lipinski definition) is 1. The van der Waals surface area contributed by atoms with Crippen LogP contribution in [-0.4, -0.2) is 41.5 Å². The number of hydrogen-bond acceptors (Lipinski definition) is 6. The fourth-order valence-corrected chi connectivity index (χ4v) is 5.43. The molecule has 0 bridgehead atoms. The van der Waals surface area contributed by atoms with Gasteiger partial charge in [0.1, 0.15) is 11.1 Å². The molecule has 0 radical (unpaired) electrons. The molecular weight excluding hydrogens is 460 g/mol. The second kappa shape index (κ2) is 11.6. The number of thiophene rings is 1. The number of anilines is 1. The third-order valence-corrected chi connectivity index (χ3v) is 6.95. The number of amides is 2. The number of carbonyl (C=O) groups is 2. The van der Waals surface area contributed by atoms with Gasteiger partial charge in [0, 0.05) is 24.5 Å². The fraction of sp³-hybridized carbons (Fsp3) is 0.296. The summed E-state index contributed by atoms with van der Waals surface area (Å²) in [6.07, 6.45) is 0.213. The molecule has 1 aliphatic heterocycles. The van der Waals surface area contributed by atoms with Gasteiger partial charge in [-0.1, -0.05) is 60.7 Å². The summed E-state index contributed by atoms with van der Waals surface area (Å²) in [7, 11) is 0. The third kappa shape index (κ3) is 6.27. The molecule has 0 atom stereocenters. The number of benzene rings is 2. The molecule has 1 aliphatic rings. The van der Waals surface area contributed by atoms with E-state index >= 15 is 0 Å². The molecular formula is C27H28N4O3S. The number of fused-ring (bicyclic) bond motifs is 1. The Morgan fingerprint density at radius 3 is 2.29 bits per heavy atom. The summed E-state index contributed by atoms with van der Waals surface area (Å²) in [4.78, 5) is 29.9. The van der Waals surface area contributed by atoms with Crippen molar-refractivity contribution in [2.45, 2.75) is 33.0 Å². The van der Waals surface area contributed by atoms with Crippen molar-refractivity contribution < 1.29 is 14.3 Å². The Labute approximate surface area is 209 Å². The van der Waals surface area contributed by atoms with Gasteiger partial charge < -0.3 is 15.0 Å². The lowest BCUT2D eigenvalue weighted by molar-refractivity contribution is -0.117. The minimum Gasteiger partial charge on any atom is -0.450 e. The average molecular weight is 489 g/mol. The Balaban J connectivity index is 1.47. The van der Waals surface area contributed by atoms with E-state index in [9.17, 15) is 14.9 Å². The van der Waals surface area contributed by atoms with Crippen LogP contribution in [0.5, 0.6) is 0 Å². The zero-order valence-electron chi connectivity index (χ0n) is 19.7. The van der Waals surface area contributed by atoms with Gasteiger partial charge in [-0.3, -0.25) is 9.69 Å². The lowest BCUT2D eigenvalue weighted by Gasteiger charge is -2.25. The van der Waals surface area contributed by atoms with Crippen molar-refractivity contribution in [2.75, 3.05) is 25.0 Å². The molecule has 1 N–H and O–H groups in total. The van der Waals surface area contributed by atoms with Gasteiger partial charge in [0.2, 0.25) is 5.91 Å². The summed E-state index contributed by atoms with van der Waals surface area (Å²) in [5, 5.41) is 13.3. The Kier molecular flexibility index (Phi) is 8.14. The van der Waals surface area contributed by atoms with E-state index in [2.05, 4.69) is 16.3 Å². The highest BCUT2D eigenvalue weighted by molar-refractivity contribution is 7.16. The van der Waals surface area contributed by atoms with Crippen LogP contribution in [0.4, 0.5) is 9.80 Å². The van der Waals surface area contributed by atoms with Gasteiger partial charge in [-0.2, -0.15) is 5.26 Å². The fourth-order valence-electron chi connectivity index (χ4n) is 4.20. The Hall–Kier alpha value is -3.67. The molecule has 1 aromatic heterocycles. The summed E-state index contributed by atoms with van der Waals surface area (Å²) >= 11 is 1.37. The molecule has 2 aromatic carbocycles. The molecule has 8 heteroatoms. The largest absolute Gasteiger partial charge is 0.450 e. The Morgan fingerprint density at radius 1 is 1.09 bits per heavy atom. The molecule has 7 nitrogen and oxygen atoms in total. The minimum atomic E-state index is -0.354. The van der Waals surface area contributed by atoms with Crippen LogP contribution in [0.2, 0.25) is 0 Å². The second-order valence-electron chi connectivity index (χ2n) is 8.35. The number of nitrogens with one attached hydrogen (secondary N) is 1. The van der Waals surface area contributed by atoms with E-state index in [-0.39, 0.29) is 18.5 Å². The maximum Gasteiger partial charge on any atom is 0.410 e. The highest BCUT2D eigenvalue weighted by Crippen LogP contribution is 2.36. The molecule has 3 aromatic rings. The standard InChI is InChI=1S/C27H28N4O3S/c1-2-34-27(33)31-14-13-22-23(15-28)26(35-24(22)18-31)29-25(32)19-30(16-20-9-5-3-6-10-20)17-21-11-7-4-8-12-21/h3-12H,2,13-14,16-19H2,1H3,(H,29,32). The van der Waals surface area contributed by atoms with E-state index < -0.39 is 0 Å². The first-order valence-corrected chi connectivity index (χ1v) is 12.5. The van der Waals surface area contributed by atoms with Gasteiger partial charge in [0.15, 0.2) is 0 Å². The summed E-state index contributed by atoms with van der Waals surface area (Å²) < 4.78 is 5.12.